The van der Waals surface area contributed by atoms with Crippen LogP contribution >= 0.6 is 0 Å². The molecule has 0 amide bonds. The monoisotopic (exact) mass is 1890 g/mol. The summed E-state index contributed by atoms with van der Waals surface area (Å²) in [6.45, 7) is 15.8. The zero-order valence-corrected chi connectivity index (χ0v) is 83.1. The third-order valence-corrected chi connectivity index (χ3v) is 32.3. The average molecular weight is 1890 g/mol. The van der Waals surface area contributed by atoms with Gasteiger partial charge in [-0.3, -0.25) is 0 Å². The van der Waals surface area contributed by atoms with Crippen LogP contribution in [0.1, 0.15) is 50.1 Å². The molecular weight excluding hydrogens is 1790 g/mol. The molecule has 0 aliphatic heterocycles. The highest BCUT2D eigenvalue weighted by atomic mass is 15.2. The van der Waals surface area contributed by atoms with E-state index in [1.54, 1.807) is 0 Å². The highest BCUT2D eigenvalue weighted by Crippen LogP contribution is 2.60. The van der Waals surface area contributed by atoms with Crippen LogP contribution in [0.3, 0.4) is 0 Å². The van der Waals surface area contributed by atoms with Gasteiger partial charge in [0.1, 0.15) is 0 Å². The van der Waals surface area contributed by atoms with E-state index in [-0.39, 0.29) is 0 Å². The van der Waals surface area contributed by atoms with Crippen LogP contribution in [0.4, 0.5) is 68.2 Å². The second kappa shape index (κ2) is 32.6. The fourth-order valence-electron chi connectivity index (χ4n) is 26.1. The Bertz CT molecular complexity index is 10700. The maximum absolute atomic E-state index is 2.67. The Morgan fingerprint density at radius 3 is 0.777 bits per heavy atom. The predicted octanol–water partition coefficient (Wildman–Crippen LogP) is 38.6. The van der Waals surface area contributed by atoms with Crippen molar-refractivity contribution in [2.75, 3.05) is 19.6 Å². The first kappa shape index (κ1) is 84.9. The fourth-order valence-corrected chi connectivity index (χ4v) is 26.1. The van der Waals surface area contributed by atoms with Crippen LogP contribution in [0.5, 0.6) is 0 Å². The first-order chi connectivity index (χ1) is 72.9. The van der Waals surface area contributed by atoms with Gasteiger partial charge in [0.05, 0.1) is 66.2 Å². The van der Waals surface area contributed by atoms with Gasteiger partial charge in [-0.15, -0.1) is 0 Å². The summed E-state index contributed by atoms with van der Waals surface area (Å²) in [5.74, 6) is 0. The second-order valence-electron chi connectivity index (χ2n) is 40.9. The van der Waals surface area contributed by atoms with Crippen LogP contribution in [0.2, 0.25) is 0 Å². The summed E-state index contributed by atoms with van der Waals surface area (Å²) in [4.78, 5) is 9.91. The third kappa shape index (κ3) is 12.4. The second-order valence-corrected chi connectivity index (χ2v) is 40.9. The van der Waals surface area contributed by atoms with Crippen LogP contribution in [0, 0.1) is 48.5 Å². The molecule has 698 valence electrons. The standard InChI is InChI=1S/C140H98N8/c1-84-61-72-117(88(5)74-84)141(97-44-24-12-25-45-97)101-64-68-105-109-52-32-56-113-129-126(93-38-18-9-19-39-93)138-130(125(92-36-16-8-17-37-92)137(129)145(133(109)113)121(105)80-101)114-57-33-53-110-106-69-65-102(81-122(106)146(138)134(110)114)142(98-46-26-13-27-47-98)118-73-63-91(78-89(118)6)79-96-75-86(3)77-120(90(96)7)144(100-50-30-15-31-51-100)104-67-71-108-112-55-35-59-116-132-127(94-40-20-10-21-41-94)139-131(128(95-42-22-11-23-43-95)140(132)148(136(112)116)124(108)83-104)115-58-34-54-111-107-70-66-103(82-123(107)147(139)135(111)115)143(99-48-28-14-29-49-99)119-76-85(2)60-62-87(119)4/h8-78,80-83H,79H2,1-7H3. The molecule has 0 bridgehead atoms. The van der Waals surface area contributed by atoms with Crippen molar-refractivity contribution < 1.29 is 0 Å². The maximum Gasteiger partial charge on any atom is 0.0634 e. The summed E-state index contributed by atoms with van der Waals surface area (Å²) in [6, 6.07) is 172. The van der Waals surface area contributed by atoms with Gasteiger partial charge < -0.3 is 37.2 Å². The Labute approximate surface area is 856 Å². The largest absolute Gasteiger partial charge is 0.310 e. The van der Waals surface area contributed by atoms with Crippen LogP contribution in [-0.2, 0) is 6.42 Å². The van der Waals surface area contributed by atoms with Crippen molar-refractivity contribution >= 4 is 221 Å². The number of aryl methyl sites for hydroxylation is 6. The van der Waals surface area contributed by atoms with Gasteiger partial charge >= 0.3 is 0 Å². The smallest absolute Gasteiger partial charge is 0.0634 e. The number of aromatic nitrogens is 4. The molecular formula is C140H98N8. The van der Waals surface area contributed by atoms with Gasteiger partial charge in [0.25, 0.3) is 0 Å². The van der Waals surface area contributed by atoms with Crippen molar-refractivity contribution in [2.45, 2.75) is 54.9 Å². The lowest BCUT2D eigenvalue weighted by molar-refractivity contribution is 1.12. The van der Waals surface area contributed by atoms with E-state index in [1.165, 1.54) is 236 Å². The molecule has 0 aliphatic carbocycles. The van der Waals surface area contributed by atoms with E-state index >= 15 is 0 Å². The normalized spacial score (nSPS) is 12.2. The number of para-hydroxylation sites is 8. The molecule has 148 heavy (non-hydrogen) atoms. The molecule has 8 heteroatoms. The minimum Gasteiger partial charge on any atom is -0.310 e. The van der Waals surface area contributed by atoms with E-state index in [4.69, 9.17) is 0 Å². The molecule has 0 aliphatic rings. The molecule has 30 rings (SSSR count). The highest BCUT2D eigenvalue weighted by molar-refractivity contribution is 6.41. The van der Waals surface area contributed by atoms with Gasteiger partial charge in [0.2, 0.25) is 0 Å². The summed E-state index contributed by atoms with van der Waals surface area (Å²) in [5, 5.41) is 19.6. The molecule has 0 N–H and O–H groups in total. The molecule has 0 radical (unpaired) electrons. The molecule has 0 fully saturated rings. The van der Waals surface area contributed by atoms with Gasteiger partial charge in [0, 0.05) is 177 Å². The van der Waals surface area contributed by atoms with Crippen molar-refractivity contribution in [3.05, 3.63) is 505 Å². The van der Waals surface area contributed by atoms with E-state index in [2.05, 4.69) is 541 Å². The lowest BCUT2D eigenvalue weighted by Crippen LogP contribution is -2.13. The van der Waals surface area contributed by atoms with Gasteiger partial charge in [0.15, 0.2) is 0 Å². The van der Waals surface area contributed by atoms with Crippen LogP contribution in [-0.4, -0.2) is 17.6 Å². The number of fused-ring (bicyclic) bond motifs is 24. The summed E-state index contributed by atoms with van der Waals surface area (Å²) in [7, 11) is 0. The SMILES string of the molecule is Cc1ccc(N(c2ccccc2)c2ccc3c4cccc5c6c(-c7ccccc7)c7c(c(-c8ccccc8)c6n(c3c2)c45)c2cccc3c4ccc(N(c5ccccc5)c5ccc(Cc6cc(C)cc(N(c8ccccc8)c8ccc9c%10cccc%11c%12c(-c%13ccccc%13)c%13c(c(-c%14ccccc%14)c%12n(c9c8)c%10%11)c8cccc9c%10ccc(N(c%11ccccc%11)c%11cc(C)ccc%11C)cc%10n%13c98)c6C)cc5C)cc4n7c32)c(C)c1. The topological polar surface area (TPSA) is 30.6 Å². The quantitative estimate of drug-likeness (QED) is 0.0857. The number of benzene rings is 22. The zero-order valence-electron chi connectivity index (χ0n) is 83.1. The lowest BCUT2D eigenvalue weighted by atomic mass is 9.89. The summed E-state index contributed by atoms with van der Waals surface area (Å²) < 4.78 is 10.6. The number of nitrogens with zero attached hydrogens (tertiary/aromatic N) is 8. The number of hydrogen-bond acceptors (Lipinski definition) is 4. The van der Waals surface area contributed by atoms with Crippen molar-refractivity contribution in [3.8, 4) is 44.5 Å². The Morgan fingerprint density at radius 2 is 0.453 bits per heavy atom. The summed E-state index contributed by atoms with van der Waals surface area (Å²) in [6.07, 6.45) is 0.719. The minimum atomic E-state index is 0.719. The molecule has 0 spiro atoms. The zero-order chi connectivity index (χ0) is 98.3. The lowest BCUT2D eigenvalue weighted by Gasteiger charge is -2.29. The van der Waals surface area contributed by atoms with Gasteiger partial charge in [-0.2, -0.15) is 0 Å². The number of hydrogen-bond donors (Lipinski definition) is 0. The molecule has 30 aromatic rings. The van der Waals surface area contributed by atoms with Crippen molar-refractivity contribution in [1.29, 1.82) is 0 Å². The highest BCUT2D eigenvalue weighted by Gasteiger charge is 2.36. The minimum absolute atomic E-state index is 0.719. The van der Waals surface area contributed by atoms with Crippen LogP contribution < -0.4 is 19.6 Å². The van der Waals surface area contributed by atoms with Crippen molar-refractivity contribution in [3.63, 3.8) is 0 Å². The van der Waals surface area contributed by atoms with Gasteiger partial charge in [-0.1, -0.05) is 339 Å². The third-order valence-electron chi connectivity index (χ3n) is 32.3. The Morgan fingerprint density at radius 1 is 0.176 bits per heavy atom. The Balaban J connectivity index is 0.575. The van der Waals surface area contributed by atoms with E-state index < -0.39 is 0 Å². The predicted molar refractivity (Wildman–Crippen MR) is 628 cm³/mol. The Kier molecular flexibility index (Phi) is 18.7. The first-order valence-corrected chi connectivity index (χ1v) is 51.7. The van der Waals surface area contributed by atoms with E-state index in [9.17, 15) is 0 Å². The molecule has 0 unspecified atom stereocenters. The Hall–Kier alpha value is -18.8. The summed E-state index contributed by atoms with van der Waals surface area (Å²) in [5.41, 5.74) is 48.1. The van der Waals surface area contributed by atoms with Crippen molar-refractivity contribution in [1.82, 2.24) is 17.6 Å². The number of rotatable bonds is 18. The van der Waals surface area contributed by atoms with Crippen molar-refractivity contribution in [2.24, 2.45) is 0 Å². The van der Waals surface area contributed by atoms with E-state index in [0.717, 1.165) is 85.7 Å². The molecule has 8 aromatic heterocycles. The molecule has 0 atom stereocenters. The van der Waals surface area contributed by atoms with Gasteiger partial charge in [-0.05, 0) is 243 Å². The molecule has 8 nitrogen and oxygen atoms in total. The molecule has 0 saturated heterocycles. The average Bonchev–Trinajstić information content (AvgIpc) is 1.50. The first-order valence-electron chi connectivity index (χ1n) is 51.7. The number of anilines is 12. The van der Waals surface area contributed by atoms with Crippen LogP contribution in [0.15, 0.2) is 455 Å². The molecule has 8 heterocycles. The van der Waals surface area contributed by atoms with Gasteiger partial charge in [-0.25, -0.2) is 0 Å². The maximum atomic E-state index is 2.67. The summed E-state index contributed by atoms with van der Waals surface area (Å²) >= 11 is 0. The molecule has 22 aromatic carbocycles. The fraction of sp³-hybridized carbons (Fsp3) is 0.0571. The van der Waals surface area contributed by atoms with Crippen LogP contribution in [0.25, 0.3) is 197 Å². The molecule has 0 saturated carbocycles. The van der Waals surface area contributed by atoms with E-state index in [1.807, 2.05) is 0 Å². The van der Waals surface area contributed by atoms with E-state index in [0.29, 0.717) is 0 Å².